The molecule has 2 fully saturated rings. The van der Waals surface area contributed by atoms with Crippen LogP contribution in [0, 0.1) is 23.1 Å². The Morgan fingerprint density at radius 2 is 2.05 bits per heavy atom. The van der Waals surface area contributed by atoms with Crippen LogP contribution in [-0.4, -0.2) is 37.2 Å². The van der Waals surface area contributed by atoms with Crippen LogP contribution in [0.15, 0.2) is 18.2 Å². The lowest BCUT2D eigenvalue weighted by atomic mass is 9.89. The number of ether oxygens (including phenoxy) is 1. The number of rotatable bonds is 2. The quantitative estimate of drug-likeness (QED) is 0.842. The van der Waals surface area contributed by atoms with Crippen LogP contribution >= 0.6 is 11.6 Å². The molecule has 0 bridgehead atoms. The van der Waals surface area contributed by atoms with Crippen molar-refractivity contribution in [1.82, 2.24) is 4.90 Å². The average molecular weight is 309 g/mol. The van der Waals surface area contributed by atoms with Crippen LogP contribution in [0.25, 0.3) is 0 Å². The van der Waals surface area contributed by atoms with E-state index in [4.69, 9.17) is 16.3 Å². The molecule has 1 aromatic rings. The van der Waals surface area contributed by atoms with Crippen molar-refractivity contribution < 1.29 is 9.13 Å². The van der Waals surface area contributed by atoms with Crippen LogP contribution in [0.1, 0.15) is 24.3 Å². The standard InChI is InChI=1S/C16H18ClFN2O/c17-12-1-2-14(16(18)7-12)15-10-20(9-11(15)8-19)13-3-5-21-6-4-13/h1-2,7,11,13,15H,3-6,9-10H2/t11?,15-/m1/s1. The molecule has 0 amide bonds. The SMILES string of the molecule is N#CC1CN(C2CCOCC2)C[C@H]1c1ccc(Cl)cc1F. The third kappa shape index (κ3) is 3.06. The van der Waals surface area contributed by atoms with Gasteiger partial charge in [0.2, 0.25) is 0 Å². The number of hydrogen-bond donors (Lipinski definition) is 0. The molecule has 0 spiro atoms. The van der Waals surface area contributed by atoms with Crippen molar-refractivity contribution in [3.63, 3.8) is 0 Å². The Kier molecular flexibility index (Phi) is 4.44. The van der Waals surface area contributed by atoms with E-state index < -0.39 is 0 Å². The summed E-state index contributed by atoms with van der Waals surface area (Å²) in [5, 5.41) is 9.80. The fraction of sp³-hybridized carbons (Fsp3) is 0.562. The number of halogens is 2. The normalized spacial score (nSPS) is 27.7. The van der Waals surface area contributed by atoms with Gasteiger partial charge in [-0.25, -0.2) is 4.39 Å². The highest BCUT2D eigenvalue weighted by atomic mass is 35.5. The number of nitrogens with zero attached hydrogens (tertiary/aromatic N) is 2. The van der Waals surface area contributed by atoms with Gasteiger partial charge in [0, 0.05) is 43.3 Å². The van der Waals surface area contributed by atoms with Gasteiger partial charge in [-0.05, 0) is 30.5 Å². The van der Waals surface area contributed by atoms with Crippen LogP contribution in [0.4, 0.5) is 4.39 Å². The molecule has 1 aromatic carbocycles. The van der Waals surface area contributed by atoms with E-state index in [1.807, 2.05) is 0 Å². The Labute approximate surface area is 129 Å². The minimum Gasteiger partial charge on any atom is -0.381 e. The molecule has 0 N–H and O–H groups in total. The van der Waals surface area contributed by atoms with E-state index in [-0.39, 0.29) is 17.7 Å². The maximum absolute atomic E-state index is 14.1. The molecule has 1 unspecified atom stereocenters. The summed E-state index contributed by atoms with van der Waals surface area (Å²) < 4.78 is 19.5. The predicted molar refractivity (Wildman–Crippen MR) is 78.7 cm³/mol. The minimum absolute atomic E-state index is 0.0740. The summed E-state index contributed by atoms with van der Waals surface area (Å²) in [7, 11) is 0. The van der Waals surface area contributed by atoms with Gasteiger partial charge in [-0.15, -0.1) is 0 Å². The molecule has 0 saturated carbocycles. The summed E-state index contributed by atoms with van der Waals surface area (Å²) in [5.74, 6) is -0.541. The van der Waals surface area contributed by atoms with Crippen molar-refractivity contribution in [2.45, 2.75) is 24.8 Å². The van der Waals surface area contributed by atoms with Crippen LogP contribution in [0.3, 0.4) is 0 Å². The zero-order valence-electron chi connectivity index (χ0n) is 11.8. The van der Waals surface area contributed by atoms with Gasteiger partial charge in [0.25, 0.3) is 0 Å². The van der Waals surface area contributed by atoms with Crippen LogP contribution in [-0.2, 0) is 4.74 Å². The fourth-order valence-electron chi connectivity index (χ4n) is 3.43. The fourth-order valence-corrected chi connectivity index (χ4v) is 3.59. The van der Waals surface area contributed by atoms with E-state index in [0.717, 1.165) is 32.6 Å². The second-order valence-corrected chi connectivity index (χ2v) is 6.24. The lowest BCUT2D eigenvalue weighted by Gasteiger charge is -2.31. The first kappa shape index (κ1) is 14.8. The molecule has 0 aliphatic carbocycles. The maximum atomic E-state index is 14.1. The number of nitriles is 1. The second kappa shape index (κ2) is 6.31. The van der Waals surface area contributed by atoms with E-state index >= 15 is 0 Å². The number of likely N-dealkylation sites (tertiary alicyclic amines) is 1. The van der Waals surface area contributed by atoms with Crippen LogP contribution in [0.2, 0.25) is 5.02 Å². The van der Waals surface area contributed by atoms with Crippen molar-refractivity contribution in [3.8, 4) is 6.07 Å². The zero-order chi connectivity index (χ0) is 14.8. The summed E-state index contributed by atoms with van der Waals surface area (Å²) in [4.78, 5) is 2.33. The third-order valence-electron chi connectivity index (χ3n) is 4.58. The molecule has 0 aromatic heterocycles. The Hall–Kier alpha value is -1.15. The van der Waals surface area contributed by atoms with E-state index in [9.17, 15) is 9.65 Å². The molecule has 2 saturated heterocycles. The van der Waals surface area contributed by atoms with Crippen molar-refractivity contribution in [1.29, 1.82) is 5.26 Å². The van der Waals surface area contributed by atoms with Gasteiger partial charge in [0.1, 0.15) is 5.82 Å². The van der Waals surface area contributed by atoms with Gasteiger partial charge in [-0.2, -0.15) is 5.26 Å². The van der Waals surface area contributed by atoms with Crippen LogP contribution in [0.5, 0.6) is 0 Å². The van der Waals surface area contributed by atoms with Gasteiger partial charge in [-0.1, -0.05) is 17.7 Å². The first-order valence-corrected chi connectivity index (χ1v) is 7.73. The van der Waals surface area contributed by atoms with Crippen LogP contribution < -0.4 is 0 Å². The number of hydrogen-bond acceptors (Lipinski definition) is 3. The van der Waals surface area contributed by atoms with Gasteiger partial charge < -0.3 is 4.74 Å². The Bertz CT molecular complexity index is 554. The molecule has 3 rings (SSSR count). The summed E-state index contributed by atoms with van der Waals surface area (Å²) in [5.41, 5.74) is 0.612. The molecular formula is C16H18ClFN2O. The predicted octanol–water partition coefficient (Wildman–Crippen LogP) is 3.20. The molecule has 2 aliphatic rings. The van der Waals surface area contributed by atoms with Crippen molar-refractivity contribution >= 4 is 11.6 Å². The second-order valence-electron chi connectivity index (χ2n) is 5.81. The van der Waals surface area contributed by atoms with Gasteiger partial charge in [0.15, 0.2) is 0 Å². The molecule has 2 heterocycles. The van der Waals surface area contributed by atoms with Crippen molar-refractivity contribution in [2.75, 3.05) is 26.3 Å². The zero-order valence-corrected chi connectivity index (χ0v) is 12.5. The van der Waals surface area contributed by atoms with E-state index in [2.05, 4.69) is 11.0 Å². The number of benzene rings is 1. The molecule has 0 radical (unpaired) electrons. The topological polar surface area (TPSA) is 36.3 Å². The Morgan fingerprint density at radius 1 is 1.29 bits per heavy atom. The smallest absolute Gasteiger partial charge is 0.128 e. The van der Waals surface area contributed by atoms with Crippen molar-refractivity contribution in [2.24, 2.45) is 5.92 Å². The highest BCUT2D eigenvalue weighted by Gasteiger charge is 2.38. The van der Waals surface area contributed by atoms with Gasteiger partial charge in [0.05, 0.1) is 12.0 Å². The van der Waals surface area contributed by atoms with E-state index in [1.54, 1.807) is 12.1 Å². The third-order valence-corrected chi connectivity index (χ3v) is 4.82. The Morgan fingerprint density at radius 3 is 2.71 bits per heavy atom. The minimum atomic E-state index is -0.304. The molecule has 2 atom stereocenters. The Balaban J connectivity index is 1.80. The van der Waals surface area contributed by atoms with Gasteiger partial charge >= 0.3 is 0 Å². The van der Waals surface area contributed by atoms with E-state index in [1.165, 1.54) is 6.07 Å². The molecular weight excluding hydrogens is 291 g/mol. The summed E-state index contributed by atoms with van der Waals surface area (Å²) >= 11 is 5.81. The van der Waals surface area contributed by atoms with Crippen molar-refractivity contribution in [3.05, 3.63) is 34.6 Å². The average Bonchev–Trinajstić information content (AvgIpc) is 2.92. The van der Waals surface area contributed by atoms with Gasteiger partial charge in [-0.3, -0.25) is 4.90 Å². The monoisotopic (exact) mass is 308 g/mol. The lowest BCUT2D eigenvalue weighted by molar-refractivity contribution is 0.0413. The highest BCUT2D eigenvalue weighted by Crippen LogP contribution is 2.36. The van der Waals surface area contributed by atoms with E-state index in [0.29, 0.717) is 23.2 Å². The summed E-state index contributed by atoms with van der Waals surface area (Å²) in [6.07, 6.45) is 1.99. The summed E-state index contributed by atoms with van der Waals surface area (Å²) in [6.45, 7) is 3.01. The molecule has 112 valence electrons. The molecule has 5 heteroatoms. The lowest BCUT2D eigenvalue weighted by Crippen LogP contribution is -2.38. The first-order valence-electron chi connectivity index (χ1n) is 7.35. The largest absolute Gasteiger partial charge is 0.381 e. The maximum Gasteiger partial charge on any atom is 0.128 e. The molecule has 21 heavy (non-hydrogen) atoms. The summed E-state index contributed by atoms with van der Waals surface area (Å²) in [6, 6.07) is 7.56. The molecule has 2 aliphatic heterocycles. The molecule has 3 nitrogen and oxygen atoms in total. The first-order chi connectivity index (χ1) is 10.2. The highest BCUT2D eigenvalue weighted by molar-refractivity contribution is 6.30.